The number of hydrogen-bond acceptors (Lipinski definition) is 3. The summed E-state index contributed by atoms with van der Waals surface area (Å²) in [7, 11) is 5.28. The van der Waals surface area contributed by atoms with Gasteiger partial charge < -0.3 is 15.5 Å². The Morgan fingerprint density at radius 2 is 1.95 bits per heavy atom. The molecule has 1 aromatic rings. The fourth-order valence-corrected chi connectivity index (χ4v) is 1.53. The van der Waals surface area contributed by atoms with Crippen molar-refractivity contribution in [3.8, 4) is 0 Å². The summed E-state index contributed by atoms with van der Waals surface area (Å²) in [6, 6.07) is 5.59. The summed E-state index contributed by atoms with van der Waals surface area (Å²) in [5, 5.41) is 5.54. The van der Waals surface area contributed by atoms with Gasteiger partial charge in [0, 0.05) is 27.7 Å². The van der Waals surface area contributed by atoms with Crippen LogP contribution in [0.25, 0.3) is 0 Å². The minimum atomic E-state index is -4.17. The molecule has 0 saturated heterocycles. The summed E-state index contributed by atoms with van der Waals surface area (Å²) in [6.07, 6.45) is -5.07. The highest BCUT2D eigenvalue weighted by atomic mass is 127. The van der Waals surface area contributed by atoms with E-state index in [4.69, 9.17) is 0 Å². The molecule has 0 radical (unpaired) electrons. The predicted molar refractivity (Wildman–Crippen MR) is 92.9 cm³/mol. The van der Waals surface area contributed by atoms with Crippen LogP contribution in [0.4, 0.5) is 19.0 Å². The van der Waals surface area contributed by atoms with E-state index in [-0.39, 0.29) is 30.5 Å². The van der Waals surface area contributed by atoms with Crippen LogP contribution in [-0.2, 0) is 6.54 Å². The van der Waals surface area contributed by atoms with Gasteiger partial charge in [0.2, 0.25) is 0 Å². The number of guanidine groups is 1. The Kier molecular flexibility index (Phi) is 9.14. The van der Waals surface area contributed by atoms with E-state index in [0.717, 1.165) is 11.5 Å². The third-order valence-electron chi connectivity index (χ3n) is 2.61. The van der Waals surface area contributed by atoms with Crippen molar-refractivity contribution >= 4 is 35.8 Å². The molecule has 1 rings (SSSR count). The summed E-state index contributed by atoms with van der Waals surface area (Å²) in [5.74, 6) is 1.13. The van der Waals surface area contributed by atoms with Crippen molar-refractivity contribution in [1.82, 2.24) is 15.6 Å². The molecule has 0 atom stereocenters. The average molecular weight is 431 g/mol. The Morgan fingerprint density at radius 1 is 1.27 bits per heavy atom. The molecule has 0 bridgehead atoms. The number of hydrogen-bond donors (Lipinski definition) is 2. The molecule has 9 heteroatoms. The molecular weight excluding hydrogens is 410 g/mol. The number of nitrogens with zero attached hydrogens (tertiary/aromatic N) is 3. The molecule has 0 spiro atoms. The maximum absolute atomic E-state index is 12.1. The Labute approximate surface area is 145 Å². The quantitative estimate of drug-likeness (QED) is 0.427. The van der Waals surface area contributed by atoms with Gasteiger partial charge in [0.05, 0.1) is 18.7 Å². The number of alkyl halides is 3. The zero-order valence-electron chi connectivity index (χ0n) is 12.7. The highest BCUT2D eigenvalue weighted by Gasteiger charge is 2.26. The van der Waals surface area contributed by atoms with Crippen LogP contribution in [0.3, 0.4) is 0 Å². The normalized spacial score (nSPS) is 11.6. The van der Waals surface area contributed by atoms with Crippen molar-refractivity contribution in [1.29, 1.82) is 0 Å². The van der Waals surface area contributed by atoms with Crippen molar-refractivity contribution in [3.63, 3.8) is 0 Å². The largest absolute Gasteiger partial charge is 0.390 e. The van der Waals surface area contributed by atoms with E-state index >= 15 is 0 Å². The van der Waals surface area contributed by atoms with Crippen LogP contribution < -0.4 is 15.5 Å². The highest BCUT2D eigenvalue weighted by molar-refractivity contribution is 14.0. The zero-order valence-corrected chi connectivity index (χ0v) is 15.1. The molecule has 0 aromatic carbocycles. The van der Waals surface area contributed by atoms with E-state index in [1.807, 2.05) is 37.2 Å². The zero-order chi connectivity index (χ0) is 15.9. The summed E-state index contributed by atoms with van der Waals surface area (Å²) < 4.78 is 36.2. The lowest BCUT2D eigenvalue weighted by Gasteiger charge is -2.14. The molecule has 22 heavy (non-hydrogen) atoms. The standard InChI is InChI=1S/C13H20F3N5.HI/c1-17-12(18-8-7-13(14,15)16)19-9-10-5-4-6-11(20-10)21(2)3;/h4-6H,7-9H2,1-3H3,(H2,17,18,19);1H. The van der Waals surface area contributed by atoms with Crippen LogP contribution in [0, 0.1) is 0 Å². The first kappa shape index (κ1) is 20.7. The second kappa shape index (κ2) is 9.70. The second-order valence-corrected chi connectivity index (χ2v) is 4.60. The lowest BCUT2D eigenvalue weighted by atomic mass is 10.3. The van der Waals surface area contributed by atoms with Gasteiger partial charge in [0.25, 0.3) is 0 Å². The molecule has 0 fully saturated rings. The molecule has 0 aliphatic rings. The smallest absolute Gasteiger partial charge is 0.363 e. The van der Waals surface area contributed by atoms with E-state index in [9.17, 15) is 13.2 Å². The fraction of sp³-hybridized carbons (Fsp3) is 0.538. The number of aromatic nitrogens is 1. The molecule has 0 saturated carbocycles. The Morgan fingerprint density at radius 3 is 2.50 bits per heavy atom. The molecule has 126 valence electrons. The Balaban J connectivity index is 0.00000441. The lowest BCUT2D eigenvalue weighted by molar-refractivity contribution is -0.132. The first-order valence-corrected chi connectivity index (χ1v) is 6.46. The van der Waals surface area contributed by atoms with Gasteiger partial charge in [-0.05, 0) is 12.1 Å². The first-order chi connectivity index (χ1) is 9.81. The molecule has 2 N–H and O–H groups in total. The average Bonchev–Trinajstić information content (AvgIpc) is 2.41. The number of aliphatic imine (C=N–C) groups is 1. The Bertz CT molecular complexity index is 477. The van der Waals surface area contributed by atoms with Crippen LogP contribution in [0.5, 0.6) is 0 Å². The van der Waals surface area contributed by atoms with Gasteiger partial charge in [0.1, 0.15) is 5.82 Å². The number of anilines is 1. The van der Waals surface area contributed by atoms with E-state index in [2.05, 4.69) is 20.6 Å². The van der Waals surface area contributed by atoms with Crippen molar-refractivity contribution in [3.05, 3.63) is 23.9 Å². The predicted octanol–water partition coefficient (Wildman–Crippen LogP) is 2.38. The molecule has 0 amide bonds. The monoisotopic (exact) mass is 431 g/mol. The molecule has 0 aliphatic carbocycles. The van der Waals surface area contributed by atoms with Crippen LogP contribution in [0.15, 0.2) is 23.2 Å². The van der Waals surface area contributed by atoms with Crippen LogP contribution in [0.2, 0.25) is 0 Å². The molecule has 1 heterocycles. The summed E-state index contributed by atoms with van der Waals surface area (Å²) in [4.78, 5) is 10.1. The van der Waals surface area contributed by atoms with Crippen LogP contribution in [-0.4, -0.2) is 44.8 Å². The van der Waals surface area contributed by atoms with Gasteiger partial charge in [-0.1, -0.05) is 6.07 Å². The van der Waals surface area contributed by atoms with Gasteiger partial charge in [-0.25, -0.2) is 4.98 Å². The van der Waals surface area contributed by atoms with E-state index in [1.54, 1.807) is 0 Å². The fourth-order valence-electron chi connectivity index (χ4n) is 1.53. The number of nitrogens with one attached hydrogen (secondary N) is 2. The number of halogens is 4. The van der Waals surface area contributed by atoms with Crippen LogP contribution in [0.1, 0.15) is 12.1 Å². The first-order valence-electron chi connectivity index (χ1n) is 6.46. The van der Waals surface area contributed by atoms with Crippen molar-refractivity contribution in [2.24, 2.45) is 4.99 Å². The maximum Gasteiger partial charge on any atom is 0.390 e. The van der Waals surface area contributed by atoms with Crippen molar-refractivity contribution in [2.45, 2.75) is 19.1 Å². The summed E-state index contributed by atoms with van der Waals surface area (Å²) in [6.45, 7) is 0.168. The lowest BCUT2D eigenvalue weighted by Crippen LogP contribution is -2.38. The van der Waals surface area contributed by atoms with E-state index in [1.165, 1.54) is 7.05 Å². The molecule has 0 unspecified atom stereocenters. The minimum absolute atomic E-state index is 0. The maximum atomic E-state index is 12.1. The van der Waals surface area contributed by atoms with Gasteiger partial charge in [0.15, 0.2) is 5.96 Å². The van der Waals surface area contributed by atoms with Gasteiger partial charge in [-0.3, -0.25) is 4.99 Å². The van der Waals surface area contributed by atoms with Gasteiger partial charge in [-0.15, -0.1) is 24.0 Å². The van der Waals surface area contributed by atoms with Gasteiger partial charge in [-0.2, -0.15) is 13.2 Å². The molecule has 0 aliphatic heterocycles. The van der Waals surface area contributed by atoms with Gasteiger partial charge >= 0.3 is 6.18 Å². The van der Waals surface area contributed by atoms with Crippen molar-refractivity contribution < 1.29 is 13.2 Å². The summed E-state index contributed by atoms with van der Waals surface area (Å²) in [5.41, 5.74) is 0.778. The van der Waals surface area contributed by atoms with Crippen LogP contribution >= 0.6 is 24.0 Å². The SMILES string of the molecule is CN=C(NCCC(F)(F)F)NCc1cccc(N(C)C)n1.I. The van der Waals surface area contributed by atoms with Crippen molar-refractivity contribution in [2.75, 3.05) is 32.6 Å². The minimum Gasteiger partial charge on any atom is -0.363 e. The molecular formula is C13H21F3IN5. The molecule has 5 nitrogen and oxygen atoms in total. The third-order valence-corrected chi connectivity index (χ3v) is 2.61. The third kappa shape index (κ3) is 8.25. The number of pyridine rings is 1. The molecule has 1 aromatic heterocycles. The van der Waals surface area contributed by atoms with E-state index < -0.39 is 12.6 Å². The topological polar surface area (TPSA) is 52.6 Å². The summed E-state index contributed by atoms with van der Waals surface area (Å²) >= 11 is 0. The number of rotatable bonds is 5. The van der Waals surface area contributed by atoms with E-state index in [0.29, 0.717) is 12.5 Å². The second-order valence-electron chi connectivity index (χ2n) is 4.60. The highest BCUT2D eigenvalue weighted by Crippen LogP contribution is 2.18. The Hall–Kier alpha value is -1.26.